The molecule has 0 saturated heterocycles. The van der Waals surface area contributed by atoms with Gasteiger partial charge in [0.25, 0.3) is 0 Å². The summed E-state index contributed by atoms with van der Waals surface area (Å²) >= 11 is 2.30. The van der Waals surface area contributed by atoms with Gasteiger partial charge in [0.05, 0.1) is 0 Å². The highest BCUT2D eigenvalue weighted by molar-refractivity contribution is 14.1. The van der Waals surface area contributed by atoms with E-state index in [0.717, 1.165) is 28.1 Å². The highest BCUT2D eigenvalue weighted by Gasteiger charge is 2.06. The fraction of sp³-hybridized carbons (Fsp3) is 0.0714. The van der Waals surface area contributed by atoms with Crippen LogP contribution in [0.1, 0.15) is 0 Å². The average Bonchev–Trinajstić information content (AvgIpc) is 2.81. The number of hydrogen-bond acceptors (Lipinski definition) is 3. The summed E-state index contributed by atoms with van der Waals surface area (Å²) in [5, 5.41) is 4.12. The summed E-state index contributed by atoms with van der Waals surface area (Å²) in [4.78, 5) is 4.29. The Morgan fingerprint density at radius 1 is 1.17 bits per heavy atom. The van der Waals surface area contributed by atoms with Crippen molar-refractivity contribution >= 4 is 39.4 Å². The normalized spacial score (nSPS) is 10.8. The van der Waals surface area contributed by atoms with E-state index in [1.165, 1.54) is 3.57 Å². The molecule has 0 fully saturated rings. The van der Waals surface area contributed by atoms with Crippen LogP contribution in [0.4, 0.5) is 5.82 Å². The Morgan fingerprint density at radius 2 is 2.06 bits per heavy atom. The molecule has 1 N–H and O–H groups in total. The lowest BCUT2D eigenvalue weighted by Gasteiger charge is -1.99. The molecule has 4 heteroatoms. The monoisotopic (exact) mass is 346 g/mol. The first-order valence-electron chi connectivity index (χ1n) is 5.59. The van der Waals surface area contributed by atoms with Gasteiger partial charge in [-0.2, -0.15) is 0 Å². The van der Waals surface area contributed by atoms with Crippen molar-refractivity contribution in [2.24, 2.45) is 0 Å². The quantitative estimate of drug-likeness (QED) is 0.709. The smallest absolute Gasteiger partial charge is 0.136 e. The van der Waals surface area contributed by atoms with Crippen molar-refractivity contribution in [3.63, 3.8) is 0 Å². The standard InChI is InChI=1S/C14H11IN2O/c1-16-14-5-2-9(8-17-14)13-7-10-6-11(15)3-4-12(10)18-13/h2-8H,1H3,(H,16,17)/i15-4. The molecular formula is C14H11IN2O. The van der Waals surface area contributed by atoms with Crippen LogP contribution in [0.5, 0.6) is 0 Å². The second-order valence-corrected chi connectivity index (χ2v) is 5.22. The van der Waals surface area contributed by atoms with E-state index >= 15 is 0 Å². The second kappa shape index (κ2) is 4.61. The maximum Gasteiger partial charge on any atom is 0.136 e. The number of nitrogens with one attached hydrogen (secondary N) is 1. The number of pyridine rings is 1. The number of aromatic nitrogens is 1. The highest BCUT2D eigenvalue weighted by Crippen LogP contribution is 2.28. The molecule has 0 spiro atoms. The van der Waals surface area contributed by atoms with Crippen LogP contribution >= 0.6 is 22.6 Å². The maximum atomic E-state index is 5.82. The van der Waals surface area contributed by atoms with Crippen LogP contribution in [0, 0.1) is 3.57 Å². The first kappa shape index (κ1) is 11.5. The minimum atomic E-state index is 0.849. The Hall–Kier alpha value is -1.56. The summed E-state index contributed by atoms with van der Waals surface area (Å²) in [6, 6.07) is 12.1. The van der Waals surface area contributed by atoms with Gasteiger partial charge in [0.1, 0.15) is 17.2 Å². The summed E-state index contributed by atoms with van der Waals surface area (Å²) in [6.07, 6.45) is 1.81. The highest BCUT2D eigenvalue weighted by atomic mass is 123. The Labute approximate surface area is 118 Å². The molecular weight excluding hydrogens is 335 g/mol. The van der Waals surface area contributed by atoms with E-state index in [4.69, 9.17) is 4.42 Å². The Morgan fingerprint density at radius 3 is 2.78 bits per heavy atom. The minimum absolute atomic E-state index is 0.849. The van der Waals surface area contributed by atoms with E-state index < -0.39 is 0 Å². The van der Waals surface area contributed by atoms with Gasteiger partial charge in [0, 0.05) is 27.8 Å². The molecule has 18 heavy (non-hydrogen) atoms. The van der Waals surface area contributed by atoms with Gasteiger partial charge < -0.3 is 9.73 Å². The van der Waals surface area contributed by atoms with Gasteiger partial charge in [-0.05, 0) is 59.0 Å². The average molecular weight is 346 g/mol. The van der Waals surface area contributed by atoms with Gasteiger partial charge in [-0.3, -0.25) is 0 Å². The molecule has 0 aliphatic rings. The molecule has 3 aromatic rings. The third-order valence-electron chi connectivity index (χ3n) is 2.78. The molecule has 0 aliphatic heterocycles. The molecule has 2 aromatic heterocycles. The number of hydrogen-bond donors (Lipinski definition) is 1. The number of nitrogens with zero attached hydrogens (tertiary/aromatic N) is 1. The van der Waals surface area contributed by atoms with Crippen LogP contribution in [0.3, 0.4) is 0 Å². The van der Waals surface area contributed by atoms with Crippen LogP contribution in [0.15, 0.2) is 47.0 Å². The summed E-state index contributed by atoms with van der Waals surface area (Å²) in [6.45, 7) is 0. The van der Waals surface area contributed by atoms with Crippen molar-refractivity contribution in [3.8, 4) is 11.3 Å². The number of furan rings is 1. The van der Waals surface area contributed by atoms with Crippen molar-refractivity contribution in [3.05, 3.63) is 46.2 Å². The van der Waals surface area contributed by atoms with Gasteiger partial charge in [0.15, 0.2) is 0 Å². The van der Waals surface area contributed by atoms with Gasteiger partial charge in [-0.15, -0.1) is 0 Å². The summed E-state index contributed by atoms with van der Waals surface area (Å²) in [5.74, 6) is 1.70. The van der Waals surface area contributed by atoms with E-state index in [1.54, 1.807) is 0 Å². The molecule has 90 valence electrons. The molecule has 2 heterocycles. The fourth-order valence-corrected chi connectivity index (χ4v) is 2.36. The third kappa shape index (κ3) is 2.08. The van der Waals surface area contributed by atoms with Crippen molar-refractivity contribution in [2.45, 2.75) is 0 Å². The first-order chi connectivity index (χ1) is 8.76. The Balaban J connectivity index is 2.07. The van der Waals surface area contributed by atoms with Gasteiger partial charge >= 0.3 is 0 Å². The van der Waals surface area contributed by atoms with Crippen LogP contribution < -0.4 is 5.32 Å². The zero-order valence-corrected chi connectivity index (χ0v) is 11.9. The number of benzene rings is 1. The minimum Gasteiger partial charge on any atom is -0.456 e. The Bertz CT molecular complexity index is 689. The lowest BCUT2D eigenvalue weighted by Crippen LogP contribution is -1.90. The first-order valence-corrected chi connectivity index (χ1v) is 6.67. The number of fused-ring (bicyclic) bond motifs is 1. The van der Waals surface area contributed by atoms with Crippen molar-refractivity contribution < 1.29 is 4.42 Å². The van der Waals surface area contributed by atoms with E-state index in [9.17, 15) is 0 Å². The summed E-state index contributed by atoms with van der Waals surface area (Å²) in [5.41, 5.74) is 1.89. The second-order valence-electron chi connectivity index (χ2n) is 3.97. The van der Waals surface area contributed by atoms with Crippen LogP contribution in [0.2, 0.25) is 0 Å². The molecule has 0 unspecified atom stereocenters. The zero-order chi connectivity index (χ0) is 12.5. The van der Waals surface area contributed by atoms with E-state index in [-0.39, 0.29) is 0 Å². The maximum absolute atomic E-state index is 5.82. The topological polar surface area (TPSA) is 38.1 Å². The molecule has 0 bridgehead atoms. The number of rotatable bonds is 2. The number of anilines is 1. The largest absolute Gasteiger partial charge is 0.456 e. The summed E-state index contributed by atoms with van der Waals surface area (Å²) in [7, 11) is 1.85. The van der Waals surface area contributed by atoms with Crippen LogP contribution in [-0.2, 0) is 0 Å². The molecule has 0 radical (unpaired) electrons. The number of halogens is 1. The summed E-state index contributed by atoms with van der Waals surface area (Å²) < 4.78 is 7.02. The zero-order valence-electron chi connectivity index (χ0n) is 9.77. The molecule has 0 atom stereocenters. The lowest BCUT2D eigenvalue weighted by molar-refractivity contribution is 0.631. The van der Waals surface area contributed by atoms with Gasteiger partial charge in [0.2, 0.25) is 0 Å². The van der Waals surface area contributed by atoms with Crippen LogP contribution in [-0.4, -0.2) is 12.0 Å². The predicted molar refractivity (Wildman–Crippen MR) is 81.7 cm³/mol. The molecule has 0 aliphatic carbocycles. The molecule has 0 amide bonds. The van der Waals surface area contributed by atoms with Crippen LogP contribution in [0.25, 0.3) is 22.3 Å². The van der Waals surface area contributed by atoms with Gasteiger partial charge in [-0.1, -0.05) is 0 Å². The molecule has 3 rings (SSSR count). The van der Waals surface area contributed by atoms with Crippen molar-refractivity contribution in [2.75, 3.05) is 12.4 Å². The lowest BCUT2D eigenvalue weighted by atomic mass is 10.2. The predicted octanol–water partition coefficient (Wildman–Crippen LogP) is 4.14. The van der Waals surface area contributed by atoms with Gasteiger partial charge in [-0.25, -0.2) is 4.98 Å². The van der Waals surface area contributed by atoms with Crippen molar-refractivity contribution in [1.82, 2.24) is 4.98 Å². The van der Waals surface area contributed by atoms with E-state index in [2.05, 4.69) is 39.0 Å². The molecule has 1 aromatic carbocycles. The molecule has 0 saturated carbocycles. The fourth-order valence-electron chi connectivity index (χ4n) is 1.84. The third-order valence-corrected chi connectivity index (χ3v) is 3.45. The Kier molecular flexibility index (Phi) is 2.95. The molecule has 3 nitrogen and oxygen atoms in total. The van der Waals surface area contributed by atoms with E-state index in [1.807, 2.05) is 43.6 Å². The SMILES string of the molecule is CNc1ccc(-c2cc3cc([123I])ccc3o2)cn1. The van der Waals surface area contributed by atoms with Crippen molar-refractivity contribution in [1.29, 1.82) is 0 Å². The van der Waals surface area contributed by atoms with E-state index in [0.29, 0.717) is 0 Å².